The minimum Gasteiger partial charge on any atom is -0.467 e. The van der Waals surface area contributed by atoms with Gasteiger partial charge in [-0.15, -0.1) is 0 Å². The van der Waals surface area contributed by atoms with Crippen LogP contribution in [0, 0.1) is 5.82 Å². The molecule has 1 aliphatic rings. The number of morpholine rings is 1. The lowest BCUT2D eigenvalue weighted by Gasteiger charge is -2.29. The molecule has 1 heterocycles. The lowest BCUT2D eigenvalue weighted by atomic mass is 10.2. The van der Waals surface area contributed by atoms with E-state index in [-0.39, 0.29) is 11.8 Å². The first-order valence-electron chi connectivity index (χ1n) is 7.11. The molecule has 0 radical (unpaired) electrons. The van der Waals surface area contributed by atoms with Gasteiger partial charge in [0.1, 0.15) is 11.9 Å². The highest BCUT2D eigenvalue weighted by atomic mass is 19.1. The number of nitrogens with zero attached hydrogens (tertiary/aromatic N) is 1. The van der Waals surface area contributed by atoms with E-state index in [9.17, 15) is 9.18 Å². The van der Waals surface area contributed by atoms with Gasteiger partial charge in [-0.3, -0.25) is 0 Å². The maximum atomic E-state index is 13.8. The largest absolute Gasteiger partial charge is 0.467 e. The molecule has 0 amide bonds. The Labute approximate surface area is 124 Å². The van der Waals surface area contributed by atoms with Crippen LogP contribution in [0.3, 0.4) is 0 Å². The molecule has 1 aromatic carbocycles. The standard InChI is InChI=1S/C15H21FN2O3/c1-3-14(15(19)20-2)17-12-8-11(16)9-13(10-12)18-4-6-21-7-5-18/h8-10,14,17H,3-7H2,1-2H3/t14-/m0/s1. The second-order valence-electron chi connectivity index (χ2n) is 4.93. The van der Waals surface area contributed by atoms with Gasteiger partial charge in [0.15, 0.2) is 0 Å². The van der Waals surface area contributed by atoms with E-state index in [1.165, 1.54) is 19.2 Å². The number of nitrogens with one attached hydrogen (secondary N) is 1. The summed E-state index contributed by atoms with van der Waals surface area (Å²) in [7, 11) is 1.34. The van der Waals surface area contributed by atoms with Crippen LogP contribution in [0.2, 0.25) is 0 Å². The Kier molecular flexibility index (Phi) is 5.38. The zero-order chi connectivity index (χ0) is 15.2. The summed E-state index contributed by atoms with van der Waals surface area (Å²) in [4.78, 5) is 13.7. The molecule has 2 rings (SSSR count). The van der Waals surface area contributed by atoms with Crippen molar-refractivity contribution in [1.29, 1.82) is 0 Å². The van der Waals surface area contributed by atoms with Crippen LogP contribution >= 0.6 is 0 Å². The van der Waals surface area contributed by atoms with E-state index in [0.29, 0.717) is 25.3 Å². The number of hydrogen-bond acceptors (Lipinski definition) is 5. The van der Waals surface area contributed by atoms with Gasteiger partial charge in [-0.2, -0.15) is 0 Å². The van der Waals surface area contributed by atoms with Gasteiger partial charge in [-0.25, -0.2) is 9.18 Å². The molecule has 0 saturated carbocycles. The molecule has 0 aromatic heterocycles. The van der Waals surface area contributed by atoms with Crippen molar-refractivity contribution in [3.05, 3.63) is 24.0 Å². The second-order valence-corrected chi connectivity index (χ2v) is 4.93. The van der Waals surface area contributed by atoms with Crippen LogP contribution in [0.15, 0.2) is 18.2 Å². The van der Waals surface area contributed by atoms with Crippen molar-refractivity contribution in [1.82, 2.24) is 0 Å². The van der Waals surface area contributed by atoms with Crippen molar-refractivity contribution in [2.75, 3.05) is 43.6 Å². The lowest BCUT2D eigenvalue weighted by molar-refractivity contribution is -0.141. The quantitative estimate of drug-likeness (QED) is 0.843. The fraction of sp³-hybridized carbons (Fsp3) is 0.533. The highest BCUT2D eigenvalue weighted by Crippen LogP contribution is 2.23. The molecule has 1 aromatic rings. The van der Waals surface area contributed by atoms with Gasteiger partial charge in [0.2, 0.25) is 0 Å². The molecule has 1 N–H and O–H groups in total. The van der Waals surface area contributed by atoms with E-state index < -0.39 is 6.04 Å². The Morgan fingerprint density at radius 1 is 1.43 bits per heavy atom. The zero-order valence-electron chi connectivity index (χ0n) is 12.4. The number of ether oxygens (including phenoxy) is 2. The molecule has 1 saturated heterocycles. The highest BCUT2D eigenvalue weighted by molar-refractivity contribution is 5.79. The Balaban J connectivity index is 2.15. The second kappa shape index (κ2) is 7.26. The third kappa shape index (κ3) is 4.07. The van der Waals surface area contributed by atoms with Crippen LogP contribution in [-0.4, -0.2) is 45.4 Å². The normalized spacial score (nSPS) is 16.4. The third-order valence-electron chi connectivity index (χ3n) is 3.49. The molecule has 1 fully saturated rings. The van der Waals surface area contributed by atoms with E-state index in [2.05, 4.69) is 10.2 Å². The van der Waals surface area contributed by atoms with Crippen molar-refractivity contribution in [3.63, 3.8) is 0 Å². The van der Waals surface area contributed by atoms with Crippen molar-refractivity contribution in [2.24, 2.45) is 0 Å². The number of benzene rings is 1. The van der Waals surface area contributed by atoms with Gasteiger partial charge < -0.3 is 19.7 Å². The SMILES string of the molecule is CC[C@H](Nc1cc(F)cc(N2CCOCC2)c1)C(=O)OC. The first-order valence-corrected chi connectivity index (χ1v) is 7.11. The van der Waals surface area contributed by atoms with E-state index >= 15 is 0 Å². The van der Waals surface area contributed by atoms with Gasteiger partial charge in [0, 0.05) is 24.5 Å². The number of anilines is 2. The van der Waals surface area contributed by atoms with Gasteiger partial charge in [0.05, 0.1) is 20.3 Å². The number of hydrogen-bond donors (Lipinski definition) is 1. The average Bonchev–Trinajstić information content (AvgIpc) is 2.52. The molecule has 6 heteroatoms. The fourth-order valence-corrected chi connectivity index (χ4v) is 2.33. The van der Waals surface area contributed by atoms with Crippen molar-refractivity contribution in [3.8, 4) is 0 Å². The van der Waals surface area contributed by atoms with Gasteiger partial charge in [-0.05, 0) is 24.6 Å². The molecule has 1 aliphatic heterocycles. The Bertz CT molecular complexity index is 490. The molecule has 0 unspecified atom stereocenters. The topological polar surface area (TPSA) is 50.8 Å². The maximum Gasteiger partial charge on any atom is 0.328 e. The Morgan fingerprint density at radius 3 is 2.76 bits per heavy atom. The first-order chi connectivity index (χ1) is 10.1. The lowest BCUT2D eigenvalue weighted by Crippen LogP contribution is -2.36. The summed E-state index contributed by atoms with van der Waals surface area (Å²) in [5.74, 6) is -0.684. The highest BCUT2D eigenvalue weighted by Gasteiger charge is 2.18. The molecule has 21 heavy (non-hydrogen) atoms. The summed E-state index contributed by atoms with van der Waals surface area (Å²) in [5.41, 5.74) is 1.37. The minimum absolute atomic E-state index is 0.332. The van der Waals surface area contributed by atoms with E-state index in [4.69, 9.17) is 9.47 Å². The van der Waals surface area contributed by atoms with Gasteiger partial charge in [0.25, 0.3) is 0 Å². The summed E-state index contributed by atoms with van der Waals surface area (Å²) < 4.78 is 23.8. The van der Waals surface area contributed by atoms with Crippen LogP contribution in [0.5, 0.6) is 0 Å². The number of carbonyl (C=O) groups excluding carboxylic acids is 1. The van der Waals surface area contributed by atoms with Crippen LogP contribution in [-0.2, 0) is 14.3 Å². The fourth-order valence-electron chi connectivity index (χ4n) is 2.33. The van der Waals surface area contributed by atoms with Crippen LogP contribution in [0.4, 0.5) is 15.8 Å². The van der Waals surface area contributed by atoms with Crippen molar-refractivity contribution >= 4 is 17.3 Å². The average molecular weight is 296 g/mol. The molecule has 0 bridgehead atoms. The summed E-state index contributed by atoms with van der Waals surface area (Å²) in [6, 6.07) is 4.25. The molecular weight excluding hydrogens is 275 g/mol. The predicted molar refractivity (Wildman–Crippen MR) is 79.1 cm³/mol. The number of rotatable bonds is 5. The van der Waals surface area contributed by atoms with Gasteiger partial charge in [-0.1, -0.05) is 6.92 Å². The van der Waals surface area contributed by atoms with Crippen molar-refractivity contribution < 1.29 is 18.7 Å². The number of carbonyl (C=O) groups is 1. The molecule has 0 aliphatic carbocycles. The summed E-state index contributed by atoms with van der Waals surface area (Å²) in [6.07, 6.45) is 0.566. The predicted octanol–water partition coefficient (Wildman–Crippen LogP) is 2.03. The first kappa shape index (κ1) is 15.6. The Morgan fingerprint density at radius 2 is 2.14 bits per heavy atom. The summed E-state index contributed by atoms with van der Waals surface area (Å²) in [6.45, 7) is 4.61. The third-order valence-corrected chi connectivity index (χ3v) is 3.49. The zero-order valence-corrected chi connectivity index (χ0v) is 12.4. The molecular formula is C15H21FN2O3. The van der Waals surface area contributed by atoms with Crippen LogP contribution in [0.25, 0.3) is 0 Å². The number of methoxy groups -OCH3 is 1. The van der Waals surface area contributed by atoms with E-state index in [1.807, 2.05) is 13.0 Å². The number of halogens is 1. The van der Waals surface area contributed by atoms with E-state index in [0.717, 1.165) is 18.8 Å². The molecule has 116 valence electrons. The smallest absolute Gasteiger partial charge is 0.328 e. The number of esters is 1. The summed E-state index contributed by atoms with van der Waals surface area (Å²) in [5, 5.41) is 3.03. The minimum atomic E-state index is -0.477. The molecule has 0 spiro atoms. The molecule has 1 atom stereocenters. The summed E-state index contributed by atoms with van der Waals surface area (Å²) >= 11 is 0. The van der Waals surface area contributed by atoms with E-state index in [1.54, 1.807) is 0 Å². The van der Waals surface area contributed by atoms with Crippen LogP contribution in [0.1, 0.15) is 13.3 Å². The monoisotopic (exact) mass is 296 g/mol. The molecule has 5 nitrogen and oxygen atoms in total. The van der Waals surface area contributed by atoms with Gasteiger partial charge >= 0.3 is 5.97 Å². The maximum absolute atomic E-state index is 13.8. The van der Waals surface area contributed by atoms with Crippen molar-refractivity contribution in [2.45, 2.75) is 19.4 Å². The Hall–Kier alpha value is -1.82. The van der Waals surface area contributed by atoms with Crippen LogP contribution < -0.4 is 10.2 Å².